The van der Waals surface area contributed by atoms with Crippen LogP contribution in [-0.2, 0) is 11.3 Å². The van der Waals surface area contributed by atoms with E-state index in [0.717, 1.165) is 30.6 Å². The van der Waals surface area contributed by atoms with Gasteiger partial charge in [0.05, 0.1) is 14.6 Å². The number of aromatic nitrogens is 2. The van der Waals surface area contributed by atoms with E-state index in [4.69, 9.17) is 17.0 Å². The number of aryl methyl sites for hydroxylation is 1. The third-order valence-electron chi connectivity index (χ3n) is 2.94. The predicted octanol–water partition coefficient (Wildman–Crippen LogP) is 4.51. The highest BCUT2D eigenvalue weighted by atomic mass is 127. The molecule has 2 rings (SSSR count). The maximum Gasteiger partial charge on any atom is 0.178 e. The highest BCUT2D eigenvalue weighted by Gasteiger charge is 2.08. The number of H-pyrrole nitrogens is 1. The first-order chi connectivity index (χ1) is 9.49. The number of rotatable bonds is 6. The van der Waals surface area contributed by atoms with Gasteiger partial charge >= 0.3 is 0 Å². The molecule has 0 atom stereocenters. The first-order valence-electron chi connectivity index (χ1n) is 6.64. The van der Waals surface area contributed by atoms with E-state index in [1.165, 1.54) is 0 Å². The SMILES string of the molecule is CC(C)COCCCn1c(=S)[nH]c2cc(I)c(F)cc21. The van der Waals surface area contributed by atoms with Crippen molar-refractivity contribution in [1.82, 2.24) is 9.55 Å². The van der Waals surface area contributed by atoms with Crippen molar-refractivity contribution in [3.8, 4) is 0 Å². The number of halogens is 2. The van der Waals surface area contributed by atoms with Gasteiger partial charge in [0.1, 0.15) is 5.82 Å². The molecule has 0 saturated carbocycles. The Hall–Kier alpha value is -0.470. The molecule has 110 valence electrons. The molecule has 1 heterocycles. The van der Waals surface area contributed by atoms with Gasteiger partial charge < -0.3 is 14.3 Å². The molecule has 1 aromatic carbocycles. The van der Waals surface area contributed by atoms with Crippen LogP contribution in [0.2, 0.25) is 0 Å². The van der Waals surface area contributed by atoms with Crippen LogP contribution in [0.1, 0.15) is 20.3 Å². The van der Waals surface area contributed by atoms with Crippen LogP contribution < -0.4 is 0 Å². The lowest BCUT2D eigenvalue weighted by Gasteiger charge is -2.08. The second-order valence-electron chi connectivity index (χ2n) is 5.19. The van der Waals surface area contributed by atoms with Gasteiger partial charge in [-0.15, -0.1) is 0 Å². The normalized spacial score (nSPS) is 11.7. The largest absolute Gasteiger partial charge is 0.381 e. The Balaban J connectivity index is 2.08. The Bertz CT molecular complexity index is 650. The van der Waals surface area contributed by atoms with Crippen LogP contribution in [0, 0.1) is 20.1 Å². The Labute approximate surface area is 136 Å². The lowest BCUT2D eigenvalue weighted by Crippen LogP contribution is -2.06. The average Bonchev–Trinajstić information content (AvgIpc) is 2.65. The minimum atomic E-state index is -0.211. The van der Waals surface area contributed by atoms with E-state index in [9.17, 15) is 4.39 Å². The molecule has 0 radical (unpaired) electrons. The minimum Gasteiger partial charge on any atom is -0.381 e. The van der Waals surface area contributed by atoms with Crippen molar-refractivity contribution >= 4 is 45.8 Å². The maximum absolute atomic E-state index is 13.7. The molecule has 20 heavy (non-hydrogen) atoms. The monoisotopic (exact) mass is 408 g/mol. The van der Waals surface area contributed by atoms with E-state index >= 15 is 0 Å². The second kappa shape index (κ2) is 7.00. The van der Waals surface area contributed by atoms with Crippen LogP contribution in [0.4, 0.5) is 4.39 Å². The summed E-state index contributed by atoms with van der Waals surface area (Å²) in [6.45, 7) is 6.45. The zero-order chi connectivity index (χ0) is 14.7. The summed E-state index contributed by atoms with van der Waals surface area (Å²) < 4.78 is 22.4. The zero-order valence-electron chi connectivity index (χ0n) is 11.6. The molecule has 0 fully saturated rings. The zero-order valence-corrected chi connectivity index (χ0v) is 14.6. The first kappa shape index (κ1) is 15.9. The molecule has 0 saturated heterocycles. The summed E-state index contributed by atoms with van der Waals surface area (Å²) in [6.07, 6.45) is 0.863. The Morgan fingerprint density at radius 1 is 1.45 bits per heavy atom. The molecule has 6 heteroatoms. The third-order valence-corrected chi connectivity index (χ3v) is 4.09. The summed E-state index contributed by atoms with van der Waals surface area (Å²) in [7, 11) is 0. The van der Waals surface area contributed by atoms with Crippen LogP contribution in [-0.4, -0.2) is 22.8 Å². The van der Waals surface area contributed by atoms with E-state index in [2.05, 4.69) is 18.8 Å². The van der Waals surface area contributed by atoms with Crippen LogP contribution in [0.3, 0.4) is 0 Å². The van der Waals surface area contributed by atoms with Crippen molar-refractivity contribution in [1.29, 1.82) is 0 Å². The van der Waals surface area contributed by atoms with Gasteiger partial charge in [0.15, 0.2) is 4.77 Å². The van der Waals surface area contributed by atoms with Crippen LogP contribution in [0.25, 0.3) is 11.0 Å². The Kier molecular flexibility index (Phi) is 5.57. The highest BCUT2D eigenvalue weighted by Crippen LogP contribution is 2.20. The number of nitrogens with zero attached hydrogens (tertiary/aromatic N) is 1. The molecular weight excluding hydrogens is 390 g/mol. The summed E-state index contributed by atoms with van der Waals surface area (Å²) in [6, 6.07) is 3.32. The summed E-state index contributed by atoms with van der Waals surface area (Å²) >= 11 is 7.28. The van der Waals surface area contributed by atoms with Gasteiger partial charge in [-0.1, -0.05) is 13.8 Å². The van der Waals surface area contributed by atoms with Gasteiger partial charge in [-0.25, -0.2) is 4.39 Å². The molecule has 3 nitrogen and oxygen atoms in total. The van der Waals surface area contributed by atoms with Crippen molar-refractivity contribution in [2.24, 2.45) is 5.92 Å². The Morgan fingerprint density at radius 2 is 2.20 bits per heavy atom. The summed E-state index contributed by atoms with van der Waals surface area (Å²) in [4.78, 5) is 3.12. The van der Waals surface area contributed by atoms with Crippen molar-refractivity contribution < 1.29 is 9.13 Å². The number of ether oxygens (including phenoxy) is 1. The number of hydrogen-bond donors (Lipinski definition) is 1. The molecule has 0 aliphatic carbocycles. The maximum atomic E-state index is 13.7. The lowest BCUT2D eigenvalue weighted by atomic mass is 10.2. The Morgan fingerprint density at radius 3 is 2.90 bits per heavy atom. The predicted molar refractivity (Wildman–Crippen MR) is 90.1 cm³/mol. The summed E-state index contributed by atoms with van der Waals surface area (Å²) in [5, 5.41) is 0. The van der Waals surface area contributed by atoms with E-state index in [1.807, 2.05) is 27.2 Å². The van der Waals surface area contributed by atoms with Gasteiger partial charge in [0.2, 0.25) is 0 Å². The van der Waals surface area contributed by atoms with Gasteiger partial charge in [-0.3, -0.25) is 0 Å². The minimum absolute atomic E-state index is 0.211. The topological polar surface area (TPSA) is 29.9 Å². The highest BCUT2D eigenvalue weighted by molar-refractivity contribution is 14.1. The standard InChI is InChI=1S/C14H18FIN2OS/c1-9(2)8-19-5-3-4-18-13-6-10(15)11(16)7-12(13)17-14(18)20/h6-7,9H,3-5,8H2,1-2H3,(H,17,20). The van der Waals surface area contributed by atoms with E-state index in [-0.39, 0.29) is 5.82 Å². The van der Waals surface area contributed by atoms with E-state index < -0.39 is 0 Å². The molecule has 1 N–H and O–H groups in total. The number of fused-ring (bicyclic) bond motifs is 1. The molecule has 1 aromatic heterocycles. The van der Waals surface area contributed by atoms with Crippen LogP contribution in [0.15, 0.2) is 12.1 Å². The molecule has 0 aliphatic rings. The molecular formula is C14H18FIN2OS. The second-order valence-corrected chi connectivity index (χ2v) is 6.74. The third kappa shape index (κ3) is 3.79. The molecule has 0 amide bonds. The van der Waals surface area contributed by atoms with Gasteiger partial charge in [-0.2, -0.15) is 0 Å². The van der Waals surface area contributed by atoms with Gasteiger partial charge in [0.25, 0.3) is 0 Å². The molecule has 0 unspecified atom stereocenters. The fourth-order valence-electron chi connectivity index (χ4n) is 2.02. The quantitative estimate of drug-likeness (QED) is 0.433. The summed E-state index contributed by atoms with van der Waals surface area (Å²) in [5.74, 6) is 0.332. The fourth-order valence-corrected chi connectivity index (χ4v) is 2.78. The molecule has 0 bridgehead atoms. The fraction of sp³-hybridized carbons (Fsp3) is 0.500. The van der Waals surface area contributed by atoms with Gasteiger partial charge in [0, 0.05) is 25.8 Å². The van der Waals surface area contributed by atoms with Crippen molar-refractivity contribution in [2.45, 2.75) is 26.8 Å². The first-order valence-corrected chi connectivity index (χ1v) is 8.13. The number of benzene rings is 1. The number of hydrogen-bond acceptors (Lipinski definition) is 2. The number of nitrogens with one attached hydrogen (secondary N) is 1. The lowest BCUT2D eigenvalue weighted by molar-refractivity contribution is 0.105. The van der Waals surface area contributed by atoms with E-state index in [0.29, 0.717) is 20.9 Å². The van der Waals surface area contributed by atoms with Crippen LogP contribution in [0.5, 0.6) is 0 Å². The molecule has 0 spiro atoms. The van der Waals surface area contributed by atoms with Crippen molar-refractivity contribution in [2.75, 3.05) is 13.2 Å². The number of aromatic amines is 1. The smallest absolute Gasteiger partial charge is 0.178 e. The van der Waals surface area contributed by atoms with Crippen molar-refractivity contribution in [3.05, 3.63) is 26.3 Å². The number of imidazole rings is 1. The average molecular weight is 408 g/mol. The van der Waals surface area contributed by atoms with Crippen molar-refractivity contribution in [3.63, 3.8) is 0 Å². The summed E-state index contributed by atoms with van der Waals surface area (Å²) in [5.41, 5.74) is 1.70. The molecule has 2 aromatic rings. The van der Waals surface area contributed by atoms with Gasteiger partial charge in [-0.05, 0) is 53.2 Å². The molecule has 0 aliphatic heterocycles. The van der Waals surface area contributed by atoms with Crippen LogP contribution >= 0.6 is 34.8 Å². The van der Waals surface area contributed by atoms with E-state index in [1.54, 1.807) is 12.1 Å².